The first-order valence-corrected chi connectivity index (χ1v) is 4.11. The van der Waals surface area contributed by atoms with Crippen LogP contribution in [0.5, 0.6) is 0 Å². The summed E-state index contributed by atoms with van der Waals surface area (Å²) in [5.41, 5.74) is 0. The largest absolute Gasteiger partial charge is 0.361 e. The van der Waals surface area contributed by atoms with E-state index in [1.807, 2.05) is 0 Å². The lowest BCUT2D eigenvalue weighted by Crippen LogP contribution is -2.38. The lowest BCUT2D eigenvalue weighted by molar-refractivity contribution is -0.531. The van der Waals surface area contributed by atoms with Crippen LogP contribution in [0, 0.1) is 20.2 Å². The van der Waals surface area contributed by atoms with Crippen LogP contribution in [-0.4, -0.2) is 47.4 Å². The molecule has 14 heavy (non-hydrogen) atoms. The standard InChI is InChI=1S/C6H8N2O6/c9-7(10)3-1-13-6-4(8(11)12)2-14-5(3)6/h3-6H,1-2H2/t3-,4-,5+,6+/m0/s1. The Morgan fingerprint density at radius 3 is 1.57 bits per heavy atom. The molecular weight excluding hydrogens is 196 g/mol. The summed E-state index contributed by atoms with van der Waals surface area (Å²) in [5.74, 6) is 0. The van der Waals surface area contributed by atoms with Gasteiger partial charge in [0.2, 0.25) is 0 Å². The van der Waals surface area contributed by atoms with Crippen LogP contribution in [0.1, 0.15) is 0 Å². The fourth-order valence-electron chi connectivity index (χ4n) is 1.82. The van der Waals surface area contributed by atoms with Gasteiger partial charge in [-0.05, 0) is 0 Å². The molecule has 2 aliphatic rings. The van der Waals surface area contributed by atoms with Crippen LogP contribution >= 0.6 is 0 Å². The molecular formula is C6H8N2O6. The number of rotatable bonds is 2. The third-order valence-corrected chi connectivity index (χ3v) is 2.54. The number of hydrogen-bond acceptors (Lipinski definition) is 6. The second-order valence-electron chi connectivity index (χ2n) is 3.30. The second kappa shape index (κ2) is 3.14. The molecule has 0 unspecified atom stereocenters. The van der Waals surface area contributed by atoms with Crippen molar-refractivity contribution in [2.24, 2.45) is 0 Å². The number of fused-ring (bicyclic) bond motifs is 1. The molecule has 2 aliphatic heterocycles. The molecule has 0 amide bonds. The van der Waals surface area contributed by atoms with Gasteiger partial charge in [0.05, 0.1) is 0 Å². The molecule has 2 saturated heterocycles. The maximum atomic E-state index is 10.5. The summed E-state index contributed by atoms with van der Waals surface area (Å²) < 4.78 is 10.0. The van der Waals surface area contributed by atoms with Gasteiger partial charge in [-0.3, -0.25) is 20.2 Å². The SMILES string of the molecule is O=[N+]([O-])[C@H]1CO[C@H]2[C@@H]1OC[C@@H]2[N+](=O)[O-]. The smallest absolute Gasteiger partial charge is 0.264 e. The molecule has 78 valence electrons. The Hall–Kier alpha value is -1.28. The monoisotopic (exact) mass is 204 g/mol. The van der Waals surface area contributed by atoms with E-state index in [0.29, 0.717) is 0 Å². The molecule has 2 rings (SSSR count). The van der Waals surface area contributed by atoms with E-state index in [1.165, 1.54) is 0 Å². The van der Waals surface area contributed by atoms with Crippen LogP contribution in [0.15, 0.2) is 0 Å². The van der Waals surface area contributed by atoms with E-state index in [2.05, 4.69) is 0 Å². The van der Waals surface area contributed by atoms with Crippen LogP contribution in [-0.2, 0) is 9.47 Å². The summed E-state index contributed by atoms with van der Waals surface area (Å²) >= 11 is 0. The Morgan fingerprint density at radius 1 is 0.929 bits per heavy atom. The van der Waals surface area contributed by atoms with E-state index in [9.17, 15) is 20.2 Å². The topological polar surface area (TPSA) is 105 Å². The van der Waals surface area contributed by atoms with E-state index in [-0.39, 0.29) is 13.2 Å². The highest BCUT2D eigenvalue weighted by Gasteiger charge is 2.58. The summed E-state index contributed by atoms with van der Waals surface area (Å²) in [6.45, 7) is -0.209. The predicted octanol–water partition coefficient (Wildman–Crippen LogP) is -0.925. The van der Waals surface area contributed by atoms with Crippen LogP contribution < -0.4 is 0 Å². The summed E-state index contributed by atoms with van der Waals surface area (Å²) in [6, 6.07) is -1.94. The van der Waals surface area contributed by atoms with Crippen molar-refractivity contribution in [2.45, 2.75) is 24.3 Å². The fraction of sp³-hybridized carbons (Fsp3) is 1.00. The quantitative estimate of drug-likeness (QED) is 0.425. The molecule has 0 radical (unpaired) electrons. The highest BCUT2D eigenvalue weighted by molar-refractivity contribution is 4.94. The Morgan fingerprint density at radius 2 is 1.29 bits per heavy atom. The third kappa shape index (κ3) is 1.23. The number of nitro groups is 2. The van der Waals surface area contributed by atoms with Crippen molar-refractivity contribution in [3.63, 3.8) is 0 Å². The molecule has 0 N–H and O–H groups in total. The van der Waals surface area contributed by atoms with Crippen LogP contribution in [0.2, 0.25) is 0 Å². The Labute approximate surface area is 78.1 Å². The maximum Gasteiger partial charge on any atom is 0.264 e. The molecule has 2 heterocycles. The summed E-state index contributed by atoms with van der Waals surface area (Å²) in [4.78, 5) is 20.0. The highest BCUT2D eigenvalue weighted by Crippen LogP contribution is 2.29. The van der Waals surface area contributed by atoms with Gasteiger partial charge in [-0.15, -0.1) is 0 Å². The predicted molar refractivity (Wildman–Crippen MR) is 41.0 cm³/mol. The molecule has 8 heteroatoms. The van der Waals surface area contributed by atoms with Crippen molar-refractivity contribution < 1.29 is 19.3 Å². The number of ether oxygens (including phenoxy) is 2. The van der Waals surface area contributed by atoms with Crippen molar-refractivity contribution >= 4 is 0 Å². The van der Waals surface area contributed by atoms with E-state index in [0.717, 1.165) is 0 Å². The van der Waals surface area contributed by atoms with Gasteiger partial charge >= 0.3 is 0 Å². The molecule has 8 nitrogen and oxygen atoms in total. The minimum Gasteiger partial charge on any atom is -0.361 e. The van der Waals surface area contributed by atoms with E-state index < -0.39 is 34.1 Å². The van der Waals surface area contributed by atoms with E-state index >= 15 is 0 Å². The summed E-state index contributed by atoms with van der Waals surface area (Å²) in [7, 11) is 0. The molecule has 0 aromatic heterocycles. The maximum absolute atomic E-state index is 10.5. The molecule has 0 bridgehead atoms. The zero-order chi connectivity index (χ0) is 10.3. The van der Waals surface area contributed by atoms with Gasteiger partial charge in [0.1, 0.15) is 13.2 Å². The molecule has 0 aromatic carbocycles. The second-order valence-corrected chi connectivity index (χ2v) is 3.30. The normalized spacial score (nSPS) is 40.9. The average molecular weight is 204 g/mol. The minimum atomic E-state index is -0.968. The average Bonchev–Trinajstić information content (AvgIpc) is 2.59. The van der Waals surface area contributed by atoms with Crippen molar-refractivity contribution in [2.75, 3.05) is 13.2 Å². The third-order valence-electron chi connectivity index (χ3n) is 2.54. The first-order valence-electron chi connectivity index (χ1n) is 4.11. The van der Waals surface area contributed by atoms with Crippen molar-refractivity contribution in [1.82, 2.24) is 0 Å². The Kier molecular flexibility index (Phi) is 2.08. The summed E-state index contributed by atoms with van der Waals surface area (Å²) in [6.07, 6.45) is -1.53. The van der Waals surface area contributed by atoms with Gasteiger partial charge in [0.25, 0.3) is 12.1 Å². The first kappa shape index (κ1) is 9.28. The first-order chi connectivity index (χ1) is 6.61. The van der Waals surface area contributed by atoms with Crippen LogP contribution in [0.4, 0.5) is 0 Å². The lowest BCUT2D eigenvalue weighted by atomic mass is 10.1. The van der Waals surface area contributed by atoms with Gasteiger partial charge in [0.15, 0.2) is 12.2 Å². The van der Waals surface area contributed by atoms with Gasteiger partial charge in [-0.1, -0.05) is 0 Å². The zero-order valence-corrected chi connectivity index (χ0v) is 7.07. The molecule has 0 aromatic rings. The minimum absolute atomic E-state index is 0.104. The highest BCUT2D eigenvalue weighted by atomic mass is 16.7. The van der Waals surface area contributed by atoms with Gasteiger partial charge in [-0.25, -0.2) is 0 Å². The molecule has 0 saturated carbocycles. The molecule has 2 fully saturated rings. The summed E-state index contributed by atoms with van der Waals surface area (Å²) in [5, 5.41) is 21.0. The van der Waals surface area contributed by atoms with Gasteiger partial charge < -0.3 is 9.47 Å². The number of hydrogen-bond donors (Lipinski definition) is 0. The molecule has 4 atom stereocenters. The Balaban J connectivity index is 2.11. The van der Waals surface area contributed by atoms with Gasteiger partial charge in [-0.2, -0.15) is 0 Å². The fourth-order valence-corrected chi connectivity index (χ4v) is 1.82. The van der Waals surface area contributed by atoms with Crippen molar-refractivity contribution in [3.8, 4) is 0 Å². The van der Waals surface area contributed by atoms with Crippen molar-refractivity contribution in [1.29, 1.82) is 0 Å². The van der Waals surface area contributed by atoms with Crippen molar-refractivity contribution in [3.05, 3.63) is 20.2 Å². The van der Waals surface area contributed by atoms with Crippen LogP contribution in [0.3, 0.4) is 0 Å². The molecule has 0 spiro atoms. The Bertz CT molecular complexity index is 253. The van der Waals surface area contributed by atoms with Gasteiger partial charge in [0, 0.05) is 9.85 Å². The lowest BCUT2D eigenvalue weighted by Gasteiger charge is -2.07. The molecule has 0 aliphatic carbocycles. The van der Waals surface area contributed by atoms with E-state index in [4.69, 9.17) is 9.47 Å². The number of nitrogens with zero attached hydrogens (tertiary/aromatic N) is 2. The zero-order valence-electron chi connectivity index (χ0n) is 7.07. The van der Waals surface area contributed by atoms with E-state index in [1.54, 1.807) is 0 Å². The van der Waals surface area contributed by atoms with Crippen LogP contribution in [0.25, 0.3) is 0 Å².